The number of ketones is 2. The number of benzene rings is 15. The van der Waals surface area contributed by atoms with Gasteiger partial charge in [-0.3, -0.25) is 9.59 Å². The molecule has 4 heteroatoms. The average molecular weight is 1630 g/mol. The van der Waals surface area contributed by atoms with Crippen LogP contribution in [0.25, 0.3) is 129 Å². The molecule has 0 saturated heterocycles. The molecule has 122 heavy (non-hydrogen) atoms. The van der Waals surface area contributed by atoms with Crippen molar-refractivity contribution in [1.82, 2.24) is 0 Å². The molecule has 0 bridgehead atoms. The molecule has 5 atom stereocenters. The number of fused-ring (bicyclic) bond motifs is 8. The van der Waals surface area contributed by atoms with E-state index in [0.29, 0.717) is 58.5 Å². The Bertz CT molecular complexity index is 5840. The summed E-state index contributed by atoms with van der Waals surface area (Å²) < 4.78 is 5.76. The Balaban J connectivity index is 0.822. The van der Waals surface area contributed by atoms with Crippen LogP contribution in [0.5, 0.6) is 0 Å². The molecule has 1 aliphatic rings. The van der Waals surface area contributed by atoms with Gasteiger partial charge in [0.15, 0.2) is 11.6 Å². The second kappa shape index (κ2) is 38.3. The molecule has 0 spiro atoms. The zero-order valence-corrected chi connectivity index (χ0v) is 77.8. The van der Waals surface area contributed by atoms with E-state index in [4.69, 9.17) is 4.74 Å². The van der Waals surface area contributed by atoms with E-state index < -0.39 is 5.97 Å². The van der Waals surface area contributed by atoms with Crippen LogP contribution in [-0.4, -0.2) is 24.1 Å². The number of hydrogen-bond acceptors (Lipinski definition) is 4. The van der Waals surface area contributed by atoms with E-state index in [1.807, 2.05) is 0 Å². The van der Waals surface area contributed by atoms with Crippen LogP contribution in [-0.2, 0) is 43.3 Å². The Morgan fingerprint density at radius 3 is 0.721 bits per heavy atom. The monoisotopic (exact) mass is 1630 g/mol. The predicted molar refractivity (Wildman–Crippen MR) is 530 cm³/mol. The number of unbranched alkanes of at least 4 members (excludes halogenated alkanes) is 8. The summed E-state index contributed by atoms with van der Waals surface area (Å²) in [4.78, 5) is 40.0. The molecule has 4 nitrogen and oxygen atoms in total. The van der Waals surface area contributed by atoms with Crippen LogP contribution >= 0.6 is 0 Å². The molecule has 0 N–H and O–H groups in total. The lowest BCUT2D eigenvalue weighted by molar-refractivity contribution is 0.0497. The van der Waals surface area contributed by atoms with Gasteiger partial charge in [-0.25, -0.2) is 4.79 Å². The first kappa shape index (κ1) is 87.3. The topological polar surface area (TPSA) is 60.4 Å². The number of carbonyl (C=O) groups is 3. The summed E-state index contributed by atoms with van der Waals surface area (Å²) in [6, 6.07) is 44.9. The SMILES string of the molecule is CC(C)CCCC(C)CCc1cc2c3cc(CCCCCCCCCCCOC(=O)c4ccc5c(c4)C(=O)c4ccccc4C5=O)cc4c5cc(CCC(C)CCCC(C)C)cc6c7cc(CCC(C)CCCC(C)C)cc8c9cc(CCC(C)CCCC(C)C)cc%10c%11cc(CCC(C)CCCC(C)C)cc%12c(c1)c2c1c(c34)c(c56)c(c78)c(c%109)c1c%12%11. The highest BCUT2D eigenvalue weighted by Gasteiger charge is 2.35. The zero-order valence-electron chi connectivity index (χ0n) is 77.8. The van der Waals surface area contributed by atoms with Crippen molar-refractivity contribution in [1.29, 1.82) is 0 Å². The summed E-state index contributed by atoms with van der Waals surface area (Å²) in [5.41, 5.74) is 10.8. The minimum atomic E-state index is -0.450. The molecule has 0 amide bonds. The number of esters is 1. The van der Waals surface area contributed by atoms with Crippen LogP contribution in [0.4, 0.5) is 0 Å². The number of hydrogen-bond donors (Lipinski definition) is 0. The molecule has 0 aliphatic heterocycles. The highest BCUT2D eigenvalue weighted by molar-refractivity contribution is 6.61. The standard InChI is InChI=1S/C118H146O4/c1-71(2)32-27-37-76(11)45-50-82-60-93-91-58-81(42-23-21-19-17-16-18-20-22-26-57-122-118(121)87-55-56-90-103(70-87)117(120)89-44-25-24-43-88(89)116(90)119)59-92-94-61-83(51-46-77(12)38-28-33-72(3)4)63-96-98-65-85(53-48-79(14)40-30-35-74(7)8)67-100-102-69-86(54-49-80(15)41-31-36-75(9)10)68-101-99-66-84(52-47-78(13)39-29-34-73(5)6)64-97-95(62-82)105(93)111-110(104(91)92)112(106(94)96)114(108(98)100)115(109(101)102)113(111)107(97)99/h24-25,43-44,55-56,58-80H,16-23,26-42,45-54,57H2,1-15H3. The largest absolute Gasteiger partial charge is 0.462 e. The summed E-state index contributed by atoms with van der Waals surface area (Å²) in [6.45, 7) is 37.1. The second-order valence-electron chi connectivity index (χ2n) is 42.5. The maximum atomic E-state index is 13.4. The first-order chi connectivity index (χ1) is 59.0. The van der Waals surface area contributed by atoms with E-state index in [9.17, 15) is 14.4 Å². The molecule has 16 rings (SSSR count). The number of carbonyl (C=O) groups excluding carboxylic acids is 3. The zero-order chi connectivity index (χ0) is 85.3. The van der Waals surface area contributed by atoms with E-state index in [1.54, 1.807) is 58.6 Å². The summed E-state index contributed by atoms with van der Waals surface area (Å²) in [5.74, 6) is 6.13. The highest BCUT2D eigenvalue weighted by atomic mass is 16.5. The van der Waals surface area contributed by atoms with Crippen LogP contribution in [0.1, 0.15) is 366 Å². The fourth-order valence-corrected chi connectivity index (χ4v) is 22.8. The maximum Gasteiger partial charge on any atom is 0.338 e. The van der Waals surface area contributed by atoms with Gasteiger partial charge in [0.2, 0.25) is 0 Å². The van der Waals surface area contributed by atoms with Crippen molar-refractivity contribution < 1.29 is 19.1 Å². The number of rotatable bonds is 48. The first-order valence-electron chi connectivity index (χ1n) is 49.8. The molecule has 5 unspecified atom stereocenters. The lowest BCUT2D eigenvalue weighted by atomic mass is 9.72. The third kappa shape index (κ3) is 18.3. The summed E-state index contributed by atoms with van der Waals surface area (Å²) >= 11 is 0. The van der Waals surface area contributed by atoms with Crippen molar-refractivity contribution in [3.05, 3.63) is 176 Å². The quantitative estimate of drug-likeness (QED) is 0.0165. The number of ether oxygens (including phenoxy) is 1. The minimum Gasteiger partial charge on any atom is -0.462 e. The molecular formula is C118H146O4. The Labute approximate surface area is 732 Å². The van der Waals surface area contributed by atoms with E-state index in [-0.39, 0.29) is 17.1 Å². The van der Waals surface area contributed by atoms with Crippen molar-refractivity contribution >= 4 is 147 Å². The third-order valence-electron chi connectivity index (χ3n) is 30.0. The molecule has 0 fully saturated rings. The molecule has 15 aromatic carbocycles. The molecule has 1 aliphatic carbocycles. The smallest absolute Gasteiger partial charge is 0.338 e. The van der Waals surface area contributed by atoms with E-state index in [2.05, 4.69) is 177 Å². The molecule has 15 aromatic rings. The fourth-order valence-electron chi connectivity index (χ4n) is 22.8. The Hall–Kier alpha value is -8.21. The van der Waals surface area contributed by atoms with Crippen molar-refractivity contribution in [2.45, 2.75) is 329 Å². The van der Waals surface area contributed by atoms with Gasteiger partial charge >= 0.3 is 5.97 Å². The molecule has 0 aromatic heterocycles. The van der Waals surface area contributed by atoms with Gasteiger partial charge in [0.05, 0.1) is 12.2 Å². The van der Waals surface area contributed by atoms with Gasteiger partial charge in [-0.2, -0.15) is 0 Å². The molecule has 0 saturated carbocycles. The predicted octanol–water partition coefficient (Wildman–Crippen LogP) is 34.8. The van der Waals surface area contributed by atoms with Crippen LogP contribution in [0.15, 0.2) is 115 Å². The summed E-state index contributed by atoms with van der Waals surface area (Å²) in [7, 11) is 0. The maximum absolute atomic E-state index is 13.4. The summed E-state index contributed by atoms with van der Waals surface area (Å²) in [6.07, 6.45) is 42.2. The van der Waals surface area contributed by atoms with Crippen molar-refractivity contribution in [2.75, 3.05) is 6.61 Å². The van der Waals surface area contributed by atoms with Crippen molar-refractivity contribution in [2.24, 2.45) is 59.2 Å². The van der Waals surface area contributed by atoms with Crippen LogP contribution < -0.4 is 0 Å². The molecular weight excluding hydrogens is 1480 g/mol. The Morgan fingerprint density at radius 2 is 0.459 bits per heavy atom. The van der Waals surface area contributed by atoms with Gasteiger partial charge in [-0.05, 0) is 323 Å². The Morgan fingerprint density at radius 1 is 0.230 bits per heavy atom. The first-order valence-corrected chi connectivity index (χ1v) is 49.8. The van der Waals surface area contributed by atoms with Crippen molar-refractivity contribution in [3.8, 4) is 0 Å². The highest BCUT2D eigenvalue weighted by Crippen LogP contribution is 2.61. The van der Waals surface area contributed by atoms with Gasteiger partial charge in [0.1, 0.15) is 0 Å². The van der Waals surface area contributed by atoms with E-state index in [0.717, 1.165) is 93.8 Å². The molecule has 642 valence electrons. The fraction of sp³-hybridized carbons (Fsp3) is 0.517. The van der Waals surface area contributed by atoms with E-state index >= 15 is 0 Å². The van der Waals surface area contributed by atoms with Gasteiger partial charge < -0.3 is 4.74 Å². The lowest BCUT2D eigenvalue weighted by Crippen LogP contribution is -2.21. The van der Waals surface area contributed by atoms with E-state index in [1.165, 1.54) is 307 Å². The lowest BCUT2D eigenvalue weighted by Gasteiger charge is -2.30. The number of aryl methyl sites for hydroxylation is 6. The van der Waals surface area contributed by atoms with Gasteiger partial charge in [0.25, 0.3) is 0 Å². The summed E-state index contributed by atoms with van der Waals surface area (Å²) in [5, 5.41) is 36.3. The van der Waals surface area contributed by atoms with Crippen LogP contribution in [0.2, 0.25) is 0 Å². The van der Waals surface area contributed by atoms with Gasteiger partial charge in [0, 0.05) is 22.3 Å². The Kier molecular flexibility index (Phi) is 27.4. The van der Waals surface area contributed by atoms with Crippen molar-refractivity contribution in [3.63, 3.8) is 0 Å². The van der Waals surface area contributed by atoms with Crippen LogP contribution in [0, 0.1) is 59.2 Å². The average Bonchev–Trinajstić information content (AvgIpc) is 0.641. The van der Waals surface area contributed by atoms with Gasteiger partial charge in [-0.1, -0.05) is 342 Å². The minimum absolute atomic E-state index is 0.187. The second-order valence-corrected chi connectivity index (χ2v) is 42.5. The third-order valence-corrected chi connectivity index (χ3v) is 30.0. The molecule has 0 radical (unpaired) electrons. The van der Waals surface area contributed by atoms with Gasteiger partial charge in [-0.15, -0.1) is 0 Å². The van der Waals surface area contributed by atoms with Crippen LogP contribution in [0.3, 0.4) is 0 Å². The normalized spacial score (nSPS) is 14.5. The molecule has 0 heterocycles.